The highest BCUT2D eigenvalue weighted by molar-refractivity contribution is 7.80. The molecule has 2 aromatic rings. The van der Waals surface area contributed by atoms with Crippen molar-refractivity contribution in [1.29, 1.82) is 0 Å². The lowest BCUT2D eigenvalue weighted by molar-refractivity contribution is 0.0953. The molecule has 0 heterocycles. The Morgan fingerprint density at radius 2 is 1.71 bits per heavy atom. The Kier molecular flexibility index (Phi) is 7.95. The second-order valence-corrected chi connectivity index (χ2v) is 6.99. The molecule has 3 N–H and O–H groups in total. The topological polar surface area (TPSA) is 79.5 Å². The monoisotopic (exact) mass is 399 g/mol. The van der Waals surface area contributed by atoms with Crippen molar-refractivity contribution in [1.82, 2.24) is 10.6 Å². The number of anilines is 1. The van der Waals surface area contributed by atoms with Gasteiger partial charge in [0.1, 0.15) is 5.75 Å². The third kappa shape index (κ3) is 6.66. The highest BCUT2D eigenvalue weighted by Crippen LogP contribution is 2.15. The number of ether oxygens (including phenoxy) is 1. The molecular weight excluding hydrogens is 374 g/mol. The lowest BCUT2D eigenvalue weighted by Gasteiger charge is -2.12. The first-order chi connectivity index (χ1) is 13.4. The molecule has 0 radical (unpaired) electrons. The van der Waals surface area contributed by atoms with Gasteiger partial charge < -0.3 is 15.4 Å². The molecule has 28 heavy (non-hydrogen) atoms. The van der Waals surface area contributed by atoms with E-state index in [0.717, 1.165) is 0 Å². The van der Waals surface area contributed by atoms with Crippen LogP contribution in [0.25, 0.3) is 0 Å². The number of amides is 2. The van der Waals surface area contributed by atoms with Gasteiger partial charge in [-0.15, -0.1) is 0 Å². The van der Waals surface area contributed by atoms with E-state index in [1.54, 1.807) is 42.5 Å². The molecule has 0 aliphatic carbocycles. The molecule has 0 atom stereocenters. The largest absolute Gasteiger partial charge is 0.493 e. The lowest BCUT2D eigenvalue weighted by atomic mass is 10.2. The van der Waals surface area contributed by atoms with Crippen LogP contribution in [0.1, 0.15) is 41.5 Å². The third-order valence-electron chi connectivity index (χ3n) is 3.63. The zero-order valence-electron chi connectivity index (χ0n) is 16.2. The maximum absolute atomic E-state index is 12.4. The van der Waals surface area contributed by atoms with Crippen LogP contribution in [-0.4, -0.2) is 30.1 Å². The van der Waals surface area contributed by atoms with Crippen LogP contribution in [0.15, 0.2) is 48.5 Å². The maximum atomic E-state index is 12.4. The average Bonchev–Trinajstić information content (AvgIpc) is 2.67. The van der Waals surface area contributed by atoms with Crippen molar-refractivity contribution in [2.24, 2.45) is 5.92 Å². The minimum absolute atomic E-state index is 0.145. The van der Waals surface area contributed by atoms with E-state index in [2.05, 4.69) is 29.8 Å². The molecule has 0 fully saturated rings. The highest BCUT2D eigenvalue weighted by atomic mass is 32.1. The molecule has 0 saturated heterocycles. The minimum atomic E-state index is -0.340. The van der Waals surface area contributed by atoms with Crippen molar-refractivity contribution in [2.45, 2.75) is 20.8 Å². The van der Waals surface area contributed by atoms with E-state index >= 15 is 0 Å². The average molecular weight is 400 g/mol. The van der Waals surface area contributed by atoms with E-state index in [1.807, 2.05) is 13.0 Å². The SMILES string of the molecule is CCNC(=O)c1cccc(NC(=S)NC(=O)c2cccc(OCC(C)C)c2)c1. The molecule has 0 aliphatic heterocycles. The van der Waals surface area contributed by atoms with Gasteiger partial charge in [0, 0.05) is 23.4 Å². The molecule has 7 heteroatoms. The Morgan fingerprint density at radius 3 is 2.39 bits per heavy atom. The van der Waals surface area contributed by atoms with Gasteiger partial charge >= 0.3 is 0 Å². The van der Waals surface area contributed by atoms with Gasteiger partial charge in [0.15, 0.2) is 5.11 Å². The quantitative estimate of drug-likeness (QED) is 0.620. The first kappa shape index (κ1) is 21.4. The molecular formula is C21H25N3O3S. The number of carbonyl (C=O) groups is 2. The lowest BCUT2D eigenvalue weighted by Crippen LogP contribution is -2.34. The third-order valence-corrected chi connectivity index (χ3v) is 3.83. The maximum Gasteiger partial charge on any atom is 0.257 e. The normalized spacial score (nSPS) is 10.3. The van der Waals surface area contributed by atoms with Gasteiger partial charge in [0.05, 0.1) is 6.61 Å². The van der Waals surface area contributed by atoms with Gasteiger partial charge in [0.25, 0.3) is 11.8 Å². The summed E-state index contributed by atoms with van der Waals surface area (Å²) in [7, 11) is 0. The van der Waals surface area contributed by atoms with E-state index in [9.17, 15) is 9.59 Å². The van der Waals surface area contributed by atoms with Crippen LogP contribution in [-0.2, 0) is 0 Å². The van der Waals surface area contributed by atoms with E-state index in [1.165, 1.54) is 0 Å². The number of rotatable bonds is 7. The summed E-state index contributed by atoms with van der Waals surface area (Å²) < 4.78 is 5.65. The highest BCUT2D eigenvalue weighted by Gasteiger charge is 2.10. The fourth-order valence-corrected chi connectivity index (χ4v) is 2.54. The molecule has 148 valence electrons. The van der Waals surface area contributed by atoms with E-state index in [-0.39, 0.29) is 16.9 Å². The Morgan fingerprint density at radius 1 is 1.04 bits per heavy atom. The fraction of sp³-hybridized carbons (Fsp3) is 0.286. The predicted octanol–water partition coefficient (Wildman–Crippen LogP) is 3.60. The number of hydrogen-bond donors (Lipinski definition) is 3. The van der Waals surface area contributed by atoms with Gasteiger partial charge in [-0.25, -0.2) is 0 Å². The van der Waals surface area contributed by atoms with Crippen LogP contribution >= 0.6 is 12.2 Å². The first-order valence-corrected chi connectivity index (χ1v) is 9.53. The van der Waals surface area contributed by atoms with Crippen molar-refractivity contribution in [2.75, 3.05) is 18.5 Å². The molecule has 0 bridgehead atoms. The van der Waals surface area contributed by atoms with Crippen molar-refractivity contribution in [3.63, 3.8) is 0 Å². The molecule has 2 amide bonds. The zero-order chi connectivity index (χ0) is 20.5. The second-order valence-electron chi connectivity index (χ2n) is 6.58. The smallest absolute Gasteiger partial charge is 0.257 e. The molecule has 0 unspecified atom stereocenters. The Balaban J connectivity index is 1.98. The Bertz CT molecular complexity index is 852. The van der Waals surface area contributed by atoms with Crippen LogP contribution < -0.4 is 20.7 Å². The summed E-state index contributed by atoms with van der Waals surface area (Å²) in [6, 6.07) is 13.8. The Labute approximate surface area is 170 Å². The van der Waals surface area contributed by atoms with Crippen LogP contribution in [0, 0.1) is 5.92 Å². The van der Waals surface area contributed by atoms with Gasteiger partial charge in [-0.05, 0) is 61.5 Å². The predicted molar refractivity (Wildman–Crippen MR) is 115 cm³/mol. The van der Waals surface area contributed by atoms with Crippen LogP contribution in [0.5, 0.6) is 5.75 Å². The zero-order valence-corrected chi connectivity index (χ0v) is 17.1. The molecule has 0 spiro atoms. The number of carbonyl (C=O) groups excluding carboxylic acids is 2. The summed E-state index contributed by atoms with van der Waals surface area (Å²) in [5.41, 5.74) is 1.57. The van der Waals surface area contributed by atoms with Gasteiger partial charge in [-0.2, -0.15) is 0 Å². The number of benzene rings is 2. The van der Waals surface area contributed by atoms with Crippen molar-refractivity contribution in [3.05, 3.63) is 59.7 Å². The Hall–Kier alpha value is -2.93. The minimum Gasteiger partial charge on any atom is -0.493 e. The summed E-state index contributed by atoms with van der Waals surface area (Å²) in [6.07, 6.45) is 0. The summed E-state index contributed by atoms with van der Waals surface area (Å²) in [5, 5.41) is 8.44. The summed E-state index contributed by atoms with van der Waals surface area (Å²) in [4.78, 5) is 24.4. The van der Waals surface area contributed by atoms with Gasteiger partial charge in [0.2, 0.25) is 0 Å². The molecule has 2 aromatic carbocycles. The van der Waals surface area contributed by atoms with Crippen molar-refractivity contribution >= 4 is 34.8 Å². The summed E-state index contributed by atoms with van der Waals surface area (Å²) >= 11 is 5.22. The molecule has 0 saturated carbocycles. The fourth-order valence-electron chi connectivity index (χ4n) is 2.33. The standard InChI is InChI=1S/C21H25N3O3S/c1-4-22-19(25)15-7-5-9-17(11-15)23-21(28)24-20(26)16-8-6-10-18(12-16)27-13-14(2)3/h5-12,14H,4,13H2,1-3H3,(H,22,25)(H2,23,24,26,28). The van der Waals surface area contributed by atoms with Gasteiger partial charge in [-0.3, -0.25) is 14.9 Å². The number of thiocarbonyl (C=S) groups is 1. The second kappa shape index (κ2) is 10.4. The van der Waals surface area contributed by atoms with Crippen LogP contribution in [0.3, 0.4) is 0 Å². The first-order valence-electron chi connectivity index (χ1n) is 9.12. The molecule has 0 aliphatic rings. The molecule has 0 aromatic heterocycles. The molecule has 2 rings (SSSR count). The van der Waals surface area contributed by atoms with Crippen LogP contribution in [0.4, 0.5) is 5.69 Å². The van der Waals surface area contributed by atoms with E-state index in [4.69, 9.17) is 17.0 Å². The summed E-state index contributed by atoms with van der Waals surface area (Å²) in [5.74, 6) is 0.519. The number of hydrogen-bond acceptors (Lipinski definition) is 4. The summed E-state index contributed by atoms with van der Waals surface area (Å²) in [6.45, 7) is 7.09. The van der Waals surface area contributed by atoms with Gasteiger partial charge in [-0.1, -0.05) is 26.0 Å². The van der Waals surface area contributed by atoms with Crippen molar-refractivity contribution in [3.8, 4) is 5.75 Å². The van der Waals surface area contributed by atoms with E-state index in [0.29, 0.717) is 41.6 Å². The van der Waals surface area contributed by atoms with E-state index < -0.39 is 0 Å². The van der Waals surface area contributed by atoms with Crippen molar-refractivity contribution < 1.29 is 14.3 Å². The number of nitrogens with one attached hydrogen (secondary N) is 3. The van der Waals surface area contributed by atoms with Crippen LogP contribution in [0.2, 0.25) is 0 Å². The molecule has 6 nitrogen and oxygen atoms in total.